The van der Waals surface area contributed by atoms with Crippen LogP contribution in [0.1, 0.15) is 219 Å². The summed E-state index contributed by atoms with van der Waals surface area (Å²) in [6.07, 6.45) is 39.8. The quantitative estimate of drug-likeness (QED) is 0.0213. The predicted molar refractivity (Wildman–Crippen MR) is 235 cm³/mol. The van der Waals surface area contributed by atoms with Gasteiger partial charge in [-0.05, 0) is 38.5 Å². The van der Waals surface area contributed by atoms with Crippen LogP contribution in [0.3, 0.4) is 0 Å². The molecule has 0 aliphatic heterocycles. The van der Waals surface area contributed by atoms with Crippen LogP contribution in [0.2, 0.25) is 0 Å². The fourth-order valence-corrected chi connectivity index (χ4v) is 6.77. The molecule has 1 N–H and O–H groups in total. The molecule has 0 heterocycles. The van der Waals surface area contributed by atoms with Crippen molar-refractivity contribution in [2.24, 2.45) is 0 Å². The highest BCUT2D eigenvalue weighted by molar-refractivity contribution is 5.71. The standard InChI is InChI=1S/C48H91NO8/c1-6-8-10-12-14-16-18-20-21-22-23-24-25-27-28-30-32-34-36-38-45(50)55-42-44(43-56-48(47(52)53)54-41-40-49(3,4)5)57-46(51)39-37-35-33-31-29-26-19-17-15-13-11-9-7-2/h17,19,44,48H,6-16,18,20-43H2,1-5H3/p+1/b19-17-. The summed E-state index contributed by atoms with van der Waals surface area (Å²) in [5, 5.41) is 9.64. The van der Waals surface area contributed by atoms with Crippen LogP contribution in [0.5, 0.6) is 0 Å². The van der Waals surface area contributed by atoms with E-state index in [-0.39, 0.29) is 32.2 Å². The Morgan fingerprint density at radius 1 is 0.509 bits per heavy atom. The Bertz CT molecular complexity index is 949. The van der Waals surface area contributed by atoms with Gasteiger partial charge in [0.15, 0.2) is 6.10 Å². The molecule has 0 aromatic rings. The highest BCUT2D eigenvalue weighted by Crippen LogP contribution is 2.16. The van der Waals surface area contributed by atoms with Crippen LogP contribution in [0.25, 0.3) is 0 Å². The van der Waals surface area contributed by atoms with Gasteiger partial charge in [0.25, 0.3) is 6.29 Å². The van der Waals surface area contributed by atoms with Gasteiger partial charge in [0.2, 0.25) is 0 Å². The van der Waals surface area contributed by atoms with Crippen molar-refractivity contribution in [2.45, 2.75) is 232 Å². The van der Waals surface area contributed by atoms with Crippen LogP contribution in [-0.4, -0.2) is 87.4 Å². The predicted octanol–water partition coefficient (Wildman–Crippen LogP) is 12.7. The van der Waals surface area contributed by atoms with Crippen molar-refractivity contribution in [3.8, 4) is 0 Å². The SMILES string of the molecule is CCCCCC/C=C\CCCCCCCC(=O)OC(COC(=O)CCCCCCCCCCCCCCCCCCCCC)COC(OCC[N+](C)(C)C)C(=O)O. The molecule has 0 bridgehead atoms. The van der Waals surface area contributed by atoms with Crippen LogP contribution in [-0.2, 0) is 33.3 Å². The third-order valence-electron chi connectivity index (χ3n) is 10.5. The second kappa shape index (κ2) is 40.8. The molecular weight excluding hydrogens is 719 g/mol. The maximum Gasteiger partial charge on any atom is 0.361 e. The maximum atomic E-state index is 12.7. The first-order chi connectivity index (χ1) is 27.6. The van der Waals surface area contributed by atoms with Gasteiger partial charge in [0.1, 0.15) is 13.2 Å². The van der Waals surface area contributed by atoms with Crippen LogP contribution in [0, 0.1) is 0 Å². The number of carboxylic acid groups (broad SMARTS) is 1. The van der Waals surface area contributed by atoms with Gasteiger partial charge in [-0.2, -0.15) is 0 Å². The van der Waals surface area contributed by atoms with Gasteiger partial charge in [-0.15, -0.1) is 0 Å². The number of aliphatic carboxylic acids is 1. The molecule has 0 aromatic heterocycles. The second-order valence-electron chi connectivity index (χ2n) is 17.4. The fourth-order valence-electron chi connectivity index (χ4n) is 6.77. The zero-order valence-corrected chi connectivity index (χ0v) is 38.0. The molecule has 0 fully saturated rings. The number of esters is 2. The lowest BCUT2D eigenvalue weighted by atomic mass is 10.0. The van der Waals surface area contributed by atoms with E-state index in [4.69, 9.17) is 18.9 Å². The summed E-state index contributed by atoms with van der Waals surface area (Å²) in [5.41, 5.74) is 0. The molecular formula is C48H92NO8+. The molecule has 0 aromatic carbocycles. The van der Waals surface area contributed by atoms with Gasteiger partial charge in [-0.25, -0.2) is 4.79 Å². The number of unbranched alkanes of at least 4 members (excludes halogenated alkanes) is 27. The van der Waals surface area contributed by atoms with Crippen LogP contribution in [0.15, 0.2) is 12.2 Å². The van der Waals surface area contributed by atoms with E-state index in [1.54, 1.807) is 0 Å². The molecule has 0 aliphatic carbocycles. The van der Waals surface area contributed by atoms with Crippen molar-refractivity contribution < 1.29 is 42.9 Å². The Morgan fingerprint density at radius 2 is 0.895 bits per heavy atom. The van der Waals surface area contributed by atoms with E-state index >= 15 is 0 Å². The summed E-state index contributed by atoms with van der Waals surface area (Å²) < 4.78 is 22.7. The highest BCUT2D eigenvalue weighted by atomic mass is 16.7. The van der Waals surface area contributed by atoms with E-state index in [9.17, 15) is 19.5 Å². The Hall–Kier alpha value is -1.97. The molecule has 0 spiro atoms. The van der Waals surface area contributed by atoms with E-state index in [1.165, 1.54) is 135 Å². The van der Waals surface area contributed by atoms with Crippen molar-refractivity contribution in [1.29, 1.82) is 0 Å². The van der Waals surface area contributed by atoms with Gasteiger partial charge >= 0.3 is 17.9 Å². The van der Waals surface area contributed by atoms with E-state index in [0.717, 1.165) is 51.4 Å². The number of carbonyl (C=O) groups excluding carboxylic acids is 2. The van der Waals surface area contributed by atoms with Crippen LogP contribution < -0.4 is 0 Å². The van der Waals surface area contributed by atoms with Crippen LogP contribution >= 0.6 is 0 Å². The molecule has 9 heteroatoms. The summed E-state index contributed by atoms with van der Waals surface area (Å²) in [5.74, 6) is -2.00. The number of ether oxygens (including phenoxy) is 4. The zero-order chi connectivity index (χ0) is 42.1. The number of carbonyl (C=O) groups is 3. The Balaban J connectivity index is 4.33. The van der Waals surface area contributed by atoms with E-state index in [1.807, 2.05) is 21.1 Å². The molecule has 0 amide bonds. The normalized spacial score (nSPS) is 12.9. The van der Waals surface area contributed by atoms with Crippen molar-refractivity contribution >= 4 is 17.9 Å². The Kier molecular flexibility index (Phi) is 39.4. The smallest absolute Gasteiger partial charge is 0.361 e. The molecule has 0 aliphatic rings. The van der Waals surface area contributed by atoms with E-state index < -0.39 is 24.3 Å². The first-order valence-corrected chi connectivity index (χ1v) is 23.9. The number of nitrogens with zero attached hydrogens (tertiary/aromatic N) is 1. The van der Waals surface area contributed by atoms with Gasteiger partial charge in [-0.3, -0.25) is 9.59 Å². The average Bonchev–Trinajstić information content (AvgIpc) is 3.17. The van der Waals surface area contributed by atoms with Gasteiger partial charge in [-0.1, -0.05) is 180 Å². The van der Waals surface area contributed by atoms with Crippen molar-refractivity contribution in [3.63, 3.8) is 0 Å². The lowest BCUT2D eigenvalue weighted by molar-refractivity contribution is -0.870. The largest absolute Gasteiger partial charge is 0.477 e. The number of carboxylic acids is 1. The maximum absolute atomic E-state index is 12.7. The van der Waals surface area contributed by atoms with E-state index in [2.05, 4.69) is 26.0 Å². The first-order valence-electron chi connectivity index (χ1n) is 23.9. The number of rotatable bonds is 44. The molecule has 0 saturated carbocycles. The fraction of sp³-hybridized carbons (Fsp3) is 0.896. The van der Waals surface area contributed by atoms with E-state index in [0.29, 0.717) is 23.9 Å². The lowest BCUT2D eigenvalue weighted by Crippen LogP contribution is -2.40. The number of hydrogen-bond acceptors (Lipinski definition) is 7. The summed E-state index contributed by atoms with van der Waals surface area (Å²) in [6, 6.07) is 0. The molecule has 2 atom stereocenters. The number of likely N-dealkylation sites (N-methyl/N-ethyl adjacent to an activating group) is 1. The van der Waals surface area contributed by atoms with Crippen molar-refractivity contribution in [3.05, 3.63) is 12.2 Å². The molecule has 336 valence electrons. The van der Waals surface area contributed by atoms with Gasteiger partial charge in [0, 0.05) is 12.8 Å². The Labute approximate surface area is 351 Å². The number of hydrogen-bond donors (Lipinski definition) is 1. The average molecular weight is 811 g/mol. The van der Waals surface area contributed by atoms with Crippen molar-refractivity contribution in [1.82, 2.24) is 0 Å². The molecule has 57 heavy (non-hydrogen) atoms. The molecule has 9 nitrogen and oxygen atoms in total. The second-order valence-corrected chi connectivity index (χ2v) is 17.4. The molecule has 2 unspecified atom stereocenters. The third kappa shape index (κ3) is 42.0. The minimum atomic E-state index is -1.51. The lowest BCUT2D eigenvalue weighted by Gasteiger charge is -2.25. The monoisotopic (exact) mass is 811 g/mol. The molecule has 0 rings (SSSR count). The molecule has 0 radical (unpaired) electrons. The van der Waals surface area contributed by atoms with Crippen LogP contribution in [0.4, 0.5) is 0 Å². The number of allylic oxidation sites excluding steroid dienone is 2. The summed E-state index contributed by atoms with van der Waals surface area (Å²) in [4.78, 5) is 37.1. The zero-order valence-electron chi connectivity index (χ0n) is 38.0. The minimum Gasteiger partial charge on any atom is -0.477 e. The highest BCUT2D eigenvalue weighted by Gasteiger charge is 2.25. The number of quaternary nitrogens is 1. The molecule has 0 saturated heterocycles. The first kappa shape index (κ1) is 55.0. The van der Waals surface area contributed by atoms with Gasteiger partial charge in [0.05, 0.1) is 34.4 Å². The van der Waals surface area contributed by atoms with Gasteiger partial charge < -0.3 is 28.5 Å². The summed E-state index contributed by atoms with van der Waals surface area (Å²) in [7, 11) is 5.96. The summed E-state index contributed by atoms with van der Waals surface area (Å²) in [6.45, 7) is 4.87. The van der Waals surface area contributed by atoms with Crippen molar-refractivity contribution in [2.75, 3.05) is 47.5 Å². The minimum absolute atomic E-state index is 0.180. The summed E-state index contributed by atoms with van der Waals surface area (Å²) >= 11 is 0. The Morgan fingerprint density at radius 3 is 1.32 bits per heavy atom. The topological polar surface area (TPSA) is 108 Å². The third-order valence-corrected chi connectivity index (χ3v) is 10.5.